The van der Waals surface area contributed by atoms with E-state index in [1.165, 1.54) is 25.3 Å². The largest absolute Gasteiger partial charge is 0.464 e. The van der Waals surface area contributed by atoms with Gasteiger partial charge in [0.1, 0.15) is 11.4 Å². The molecule has 1 saturated heterocycles. The van der Waals surface area contributed by atoms with Crippen LogP contribution >= 0.6 is 0 Å². The van der Waals surface area contributed by atoms with Crippen molar-refractivity contribution in [1.82, 2.24) is 14.9 Å². The van der Waals surface area contributed by atoms with E-state index in [-0.39, 0.29) is 28.2 Å². The molecule has 0 radical (unpaired) electrons. The third-order valence-electron chi connectivity index (χ3n) is 6.97. The number of amides is 1. The summed E-state index contributed by atoms with van der Waals surface area (Å²) in [6.07, 6.45) is 3.41. The quantitative estimate of drug-likeness (QED) is 0.571. The SMILES string of the molecule is COC(=O)c1cc2c([nH]1)C(=O)C=C1N(C(=O)c3cc4cc(S(C)(=O)=O)ccc4[nH]3)C[C@H]3C[C@]123. The summed E-state index contributed by atoms with van der Waals surface area (Å²) in [4.78, 5) is 46.0. The van der Waals surface area contributed by atoms with Crippen LogP contribution in [0.5, 0.6) is 0 Å². The number of allylic oxidation sites excluding steroid dienone is 2. The first-order valence-corrected chi connectivity index (χ1v) is 12.3. The number of ketones is 1. The van der Waals surface area contributed by atoms with Gasteiger partial charge in [0, 0.05) is 40.9 Å². The molecule has 10 heteroatoms. The number of H-pyrrole nitrogens is 2. The van der Waals surface area contributed by atoms with Crippen LogP contribution in [0.2, 0.25) is 0 Å². The van der Waals surface area contributed by atoms with Gasteiger partial charge >= 0.3 is 5.97 Å². The Labute approximate surface area is 188 Å². The normalized spacial score (nSPS) is 23.1. The van der Waals surface area contributed by atoms with Gasteiger partial charge in [-0.15, -0.1) is 0 Å². The van der Waals surface area contributed by atoms with Gasteiger partial charge in [-0.3, -0.25) is 9.59 Å². The van der Waals surface area contributed by atoms with Crippen molar-refractivity contribution in [3.05, 3.63) is 64.8 Å². The number of piperidine rings is 1. The highest BCUT2D eigenvalue weighted by atomic mass is 32.2. The van der Waals surface area contributed by atoms with E-state index in [0.29, 0.717) is 34.5 Å². The molecule has 1 saturated carbocycles. The lowest BCUT2D eigenvalue weighted by atomic mass is 9.85. The molecule has 1 aliphatic heterocycles. The average Bonchev–Trinajstić information content (AvgIpc) is 3.14. The van der Waals surface area contributed by atoms with E-state index >= 15 is 0 Å². The fraction of sp³-hybridized carbons (Fsp3) is 0.261. The van der Waals surface area contributed by atoms with Crippen LogP contribution in [0.15, 0.2) is 47.0 Å². The maximum absolute atomic E-state index is 13.4. The molecule has 3 aliphatic rings. The first-order valence-electron chi connectivity index (χ1n) is 10.4. The third-order valence-corrected chi connectivity index (χ3v) is 8.08. The molecule has 33 heavy (non-hydrogen) atoms. The number of rotatable bonds is 3. The number of carbonyl (C=O) groups excluding carboxylic acids is 3. The summed E-state index contributed by atoms with van der Waals surface area (Å²) < 4.78 is 28.5. The Morgan fingerprint density at radius 1 is 1.15 bits per heavy atom. The Morgan fingerprint density at radius 3 is 2.67 bits per heavy atom. The molecular formula is C23H19N3O6S. The number of hydrogen-bond donors (Lipinski definition) is 2. The number of aromatic nitrogens is 2. The Morgan fingerprint density at radius 2 is 1.94 bits per heavy atom. The van der Waals surface area contributed by atoms with Crippen molar-refractivity contribution in [3.63, 3.8) is 0 Å². The van der Waals surface area contributed by atoms with Crippen LogP contribution < -0.4 is 0 Å². The molecule has 2 aliphatic carbocycles. The van der Waals surface area contributed by atoms with Crippen molar-refractivity contribution < 1.29 is 27.5 Å². The number of nitrogens with zero attached hydrogens (tertiary/aromatic N) is 1. The van der Waals surface area contributed by atoms with Gasteiger partial charge in [0.2, 0.25) is 5.78 Å². The summed E-state index contributed by atoms with van der Waals surface area (Å²) in [5.74, 6) is -0.975. The molecule has 0 unspecified atom stereocenters. The number of fused-ring (bicyclic) bond motifs is 2. The maximum Gasteiger partial charge on any atom is 0.354 e. The fourth-order valence-electron chi connectivity index (χ4n) is 5.31. The molecule has 1 amide bonds. The summed E-state index contributed by atoms with van der Waals surface area (Å²) in [5.41, 5.74) is 2.46. The van der Waals surface area contributed by atoms with Gasteiger partial charge in [-0.25, -0.2) is 13.2 Å². The van der Waals surface area contributed by atoms with Crippen molar-refractivity contribution in [1.29, 1.82) is 0 Å². The summed E-state index contributed by atoms with van der Waals surface area (Å²) in [7, 11) is -2.09. The molecule has 1 aromatic carbocycles. The second-order valence-corrected chi connectivity index (χ2v) is 10.9. The molecule has 9 nitrogen and oxygen atoms in total. The second-order valence-electron chi connectivity index (χ2n) is 8.85. The zero-order valence-corrected chi connectivity index (χ0v) is 18.6. The number of sulfone groups is 1. The molecule has 2 fully saturated rings. The van der Waals surface area contributed by atoms with E-state index in [9.17, 15) is 22.8 Å². The molecule has 2 N–H and O–H groups in total. The van der Waals surface area contributed by atoms with Crippen LogP contribution in [0.1, 0.15) is 43.4 Å². The molecule has 2 aromatic heterocycles. The number of hydrogen-bond acceptors (Lipinski definition) is 6. The number of benzene rings is 1. The molecule has 168 valence electrons. The minimum absolute atomic E-state index is 0.155. The number of esters is 1. The molecule has 3 heterocycles. The van der Waals surface area contributed by atoms with Crippen LogP contribution in [0.4, 0.5) is 0 Å². The minimum atomic E-state index is -3.37. The maximum atomic E-state index is 13.4. The van der Waals surface area contributed by atoms with Gasteiger partial charge in [0.05, 0.1) is 17.7 Å². The lowest BCUT2D eigenvalue weighted by Crippen LogP contribution is -2.33. The lowest BCUT2D eigenvalue weighted by molar-refractivity contribution is 0.0594. The second kappa shape index (κ2) is 6.22. The predicted octanol–water partition coefficient (Wildman–Crippen LogP) is 2.18. The molecule has 1 spiro atoms. The number of likely N-dealkylation sites (tertiary alicyclic amines) is 1. The zero-order valence-electron chi connectivity index (χ0n) is 17.8. The van der Waals surface area contributed by atoms with Crippen LogP contribution in [0, 0.1) is 5.92 Å². The van der Waals surface area contributed by atoms with E-state index in [2.05, 4.69) is 9.97 Å². The van der Waals surface area contributed by atoms with Gasteiger partial charge in [-0.2, -0.15) is 0 Å². The lowest BCUT2D eigenvalue weighted by Gasteiger charge is -2.27. The predicted molar refractivity (Wildman–Crippen MR) is 117 cm³/mol. The third kappa shape index (κ3) is 2.64. The van der Waals surface area contributed by atoms with Crippen LogP contribution in [0.3, 0.4) is 0 Å². The first-order chi connectivity index (χ1) is 15.6. The van der Waals surface area contributed by atoms with E-state index in [0.717, 1.165) is 18.2 Å². The highest BCUT2D eigenvalue weighted by Gasteiger charge is 2.67. The van der Waals surface area contributed by atoms with Crippen molar-refractivity contribution in [2.24, 2.45) is 5.92 Å². The number of methoxy groups -OCH3 is 1. The van der Waals surface area contributed by atoms with Gasteiger partial charge in [0.15, 0.2) is 9.84 Å². The topological polar surface area (TPSA) is 129 Å². The summed E-state index contributed by atoms with van der Waals surface area (Å²) in [6, 6.07) is 7.96. The minimum Gasteiger partial charge on any atom is -0.464 e. The number of ether oxygens (including phenoxy) is 1. The van der Waals surface area contributed by atoms with Crippen LogP contribution in [-0.4, -0.2) is 60.9 Å². The van der Waals surface area contributed by atoms with Gasteiger partial charge in [-0.05, 0) is 48.2 Å². The fourth-order valence-corrected chi connectivity index (χ4v) is 5.97. The number of nitrogens with one attached hydrogen (secondary N) is 2. The Balaban J connectivity index is 1.37. The monoisotopic (exact) mass is 465 g/mol. The van der Waals surface area contributed by atoms with E-state index in [4.69, 9.17) is 4.74 Å². The highest BCUT2D eigenvalue weighted by molar-refractivity contribution is 7.90. The summed E-state index contributed by atoms with van der Waals surface area (Å²) in [5, 5.41) is 0.615. The van der Waals surface area contributed by atoms with E-state index in [1.54, 1.807) is 23.1 Å². The number of carbonyl (C=O) groups is 3. The Kier molecular flexibility index (Phi) is 3.77. The van der Waals surface area contributed by atoms with Crippen molar-refractivity contribution >= 4 is 38.4 Å². The smallest absolute Gasteiger partial charge is 0.354 e. The summed E-state index contributed by atoms with van der Waals surface area (Å²) >= 11 is 0. The van der Waals surface area contributed by atoms with E-state index < -0.39 is 21.2 Å². The highest BCUT2D eigenvalue weighted by Crippen LogP contribution is 2.66. The van der Waals surface area contributed by atoms with E-state index in [1.807, 2.05) is 0 Å². The van der Waals surface area contributed by atoms with Crippen LogP contribution in [0.25, 0.3) is 10.9 Å². The molecule has 2 atom stereocenters. The van der Waals surface area contributed by atoms with Gasteiger partial charge in [-0.1, -0.05) is 0 Å². The van der Waals surface area contributed by atoms with Crippen LogP contribution in [-0.2, 0) is 20.0 Å². The van der Waals surface area contributed by atoms with Gasteiger partial charge in [0.25, 0.3) is 5.91 Å². The standard InChI is InChI=1S/C23H19N3O6S/c1-32-22(29)17-7-14-20(25-17)18(27)8-19-23(14)9-12(23)10-26(19)21(28)16-6-11-5-13(33(2,30)31)3-4-15(11)24-16/h3-8,12,24-25H,9-10H2,1-2H3/t12-,23-/m1/s1. The zero-order chi connectivity index (χ0) is 23.3. The van der Waals surface area contributed by atoms with Crippen molar-refractivity contribution in [2.75, 3.05) is 19.9 Å². The van der Waals surface area contributed by atoms with Gasteiger partial charge < -0.3 is 19.6 Å². The molecular weight excluding hydrogens is 446 g/mol. The Hall–Kier alpha value is -3.66. The molecule has 3 aromatic rings. The molecule has 0 bridgehead atoms. The molecule has 6 rings (SSSR count). The van der Waals surface area contributed by atoms with Crippen molar-refractivity contribution in [2.45, 2.75) is 16.7 Å². The average molecular weight is 465 g/mol. The summed E-state index contributed by atoms with van der Waals surface area (Å²) in [6.45, 7) is 0.458. The van der Waals surface area contributed by atoms with Crippen molar-refractivity contribution in [3.8, 4) is 0 Å². The first kappa shape index (κ1) is 20.0. The Bertz CT molecular complexity index is 1560. The number of aromatic amines is 2.